The predicted octanol–water partition coefficient (Wildman–Crippen LogP) is 3.02. The Labute approximate surface area is 147 Å². The van der Waals surface area contributed by atoms with E-state index in [1.807, 2.05) is 18.4 Å². The summed E-state index contributed by atoms with van der Waals surface area (Å²) >= 11 is 1.56. The summed E-state index contributed by atoms with van der Waals surface area (Å²) in [6.07, 6.45) is 1.76. The van der Waals surface area contributed by atoms with Gasteiger partial charge >= 0.3 is 6.03 Å². The van der Waals surface area contributed by atoms with E-state index in [0.29, 0.717) is 5.92 Å². The van der Waals surface area contributed by atoms with Crippen LogP contribution in [0.5, 0.6) is 0 Å². The quantitative estimate of drug-likeness (QED) is 0.876. The third-order valence-corrected chi connectivity index (χ3v) is 5.38. The summed E-state index contributed by atoms with van der Waals surface area (Å²) in [5.74, 6) is 0.439. The van der Waals surface area contributed by atoms with E-state index in [4.69, 9.17) is 0 Å². The molecule has 0 saturated carbocycles. The van der Waals surface area contributed by atoms with E-state index in [0.717, 1.165) is 24.6 Å². The van der Waals surface area contributed by atoms with Gasteiger partial charge in [-0.15, -0.1) is 11.3 Å². The number of carbonyl (C=O) groups excluding carboxylic acids is 1. The number of thiazole rings is 1. The van der Waals surface area contributed by atoms with Crippen LogP contribution in [0, 0.1) is 5.92 Å². The summed E-state index contributed by atoms with van der Waals surface area (Å²) in [5, 5.41) is 8.94. The fraction of sp³-hybridized carbons (Fsp3) is 0.444. The second kappa shape index (κ2) is 7.77. The molecule has 0 unspecified atom stereocenters. The molecule has 1 saturated heterocycles. The van der Waals surface area contributed by atoms with Crippen LogP contribution in [0.4, 0.5) is 4.79 Å². The van der Waals surface area contributed by atoms with Crippen LogP contribution >= 0.6 is 11.3 Å². The number of aromatic nitrogens is 1. The molecule has 5 nitrogen and oxygen atoms in total. The van der Waals surface area contributed by atoms with Gasteiger partial charge in [-0.3, -0.25) is 4.90 Å². The molecule has 2 aromatic rings. The minimum atomic E-state index is -0.115. The second-order valence-corrected chi connectivity index (χ2v) is 7.40. The molecule has 2 amide bonds. The zero-order valence-corrected chi connectivity index (χ0v) is 14.9. The number of hydrogen-bond donors (Lipinski definition) is 2. The van der Waals surface area contributed by atoms with Gasteiger partial charge in [-0.25, -0.2) is 9.78 Å². The first-order valence-corrected chi connectivity index (χ1v) is 9.22. The Bertz CT molecular complexity index is 646. The number of carbonyl (C=O) groups is 1. The van der Waals surface area contributed by atoms with E-state index in [1.54, 1.807) is 17.5 Å². The average molecular weight is 344 g/mol. The minimum Gasteiger partial charge on any atom is -0.334 e. The maximum Gasteiger partial charge on any atom is 0.315 e. The molecule has 1 aromatic carbocycles. The Morgan fingerprint density at radius 2 is 2.17 bits per heavy atom. The van der Waals surface area contributed by atoms with Crippen molar-refractivity contribution in [3.63, 3.8) is 0 Å². The summed E-state index contributed by atoms with van der Waals surface area (Å²) < 4.78 is 0. The van der Waals surface area contributed by atoms with E-state index >= 15 is 0 Å². The molecule has 3 atom stereocenters. The highest BCUT2D eigenvalue weighted by Crippen LogP contribution is 2.19. The zero-order chi connectivity index (χ0) is 16.9. The van der Waals surface area contributed by atoms with Crippen molar-refractivity contribution in [3.05, 3.63) is 52.5 Å². The Hall–Kier alpha value is -1.92. The Morgan fingerprint density at radius 3 is 2.88 bits per heavy atom. The molecule has 0 aliphatic carbocycles. The summed E-state index contributed by atoms with van der Waals surface area (Å²) in [6.45, 7) is 6.97. The fourth-order valence-electron chi connectivity index (χ4n) is 3.14. The van der Waals surface area contributed by atoms with Gasteiger partial charge in [0.2, 0.25) is 0 Å². The lowest BCUT2D eigenvalue weighted by Crippen LogP contribution is -2.46. The number of nitrogens with one attached hydrogen (secondary N) is 2. The zero-order valence-electron chi connectivity index (χ0n) is 14.1. The molecule has 0 bridgehead atoms. The van der Waals surface area contributed by atoms with Crippen LogP contribution in [0.2, 0.25) is 0 Å². The number of amides is 2. The standard InChI is InChI=1S/C18H24N4OS/c1-13-10-22(11-15-6-4-3-5-7-15)12-16(13)21-18(23)20-14(2)17-19-8-9-24-17/h3-9,13-14,16H,10-12H2,1-2H3,(H2,20,21,23)/t13-,14+,16-/m1/s1. The molecule has 0 radical (unpaired) electrons. The van der Waals surface area contributed by atoms with Crippen LogP contribution in [0.3, 0.4) is 0 Å². The molecule has 24 heavy (non-hydrogen) atoms. The van der Waals surface area contributed by atoms with Crippen LogP contribution in [0.1, 0.15) is 30.5 Å². The number of likely N-dealkylation sites (tertiary alicyclic amines) is 1. The van der Waals surface area contributed by atoms with Crippen molar-refractivity contribution in [3.8, 4) is 0 Å². The summed E-state index contributed by atoms with van der Waals surface area (Å²) in [7, 11) is 0. The van der Waals surface area contributed by atoms with Crippen LogP contribution in [-0.4, -0.2) is 35.0 Å². The van der Waals surface area contributed by atoms with E-state index in [-0.39, 0.29) is 18.1 Å². The lowest BCUT2D eigenvalue weighted by Gasteiger charge is -2.19. The number of hydrogen-bond acceptors (Lipinski definition) is 4. The van der Waals surface area contributed by atoms with Gasteiger partial charge < -0.3 is 10.6 Å². The van der Waals surface area contributed by atoms with E-state index in [2.05, 4.69) is 51.7 Å². The highest BCUT2D eigenvalue weighted by molar-refractivity contribution is 7.09. The number of urea groups is 1. The van der Waals surface area contributed by atoms with E-state index in [9.17, 15) is 4.79 Å². The molecular weight excluding hydrogens is 320 g/mol. The van der Waals surface area contributed by atoms with Crippen LogP contribution in [0.15, 0.2) is 41.9 Å². The maximum atomic E-state index is 12.3. The Morgan fingerprint density at radius 1 is 1.38 bits per heavy atom. The largest absolute Gasteiger partial charge is 0.334 e. The summed E-state index contributed by atoms with van der Waals surface area (Å²) in [5.41, 5.74) is 1.31. The summed E-state index contributed by atoms with van der Waals surface area (Å²) in [6, 6.07) is 10.5. The topological polar surface area (TPSA) is 57.3 Å². The van der Waals surface area contributed by atoms with Gasteiger partial charge in [0.05, 0.1) is 6.04 Å². The first-order chi connectivity index (χ1) is 11.6. The van der Waals surface area contributed by atoms with Gasteiger partial charge in [0.25, 0.3) is 0 Å². The molecule has 2 heterocycles. The van der Waals surface area contributed by atoms with Crippen molar-refractivity contribution in [2.75, 3.05) is 13.1 Å². The van der Waals surface area contributed by atoms with Crippen molar-refractivity contribution < 1.29 is 4.79 Å². The third-order valence-electron chi connectivity index (χ3n) is 4.42. The Balaban J connectivity index is 1.49. The van der Waals surface area contributed by atoms with Gasteiger partial charge in [-0.05, 0) is 18.4 Å². The molecular formula is C18H24N4OS. The van der Waals surface area contributed by atoms with E-state index < -0.39 is 0 Å². The molecule has 2 N–H and O–H groups in total. The smallest absolute Gasteiger partial charge is 0.315 e. The minimum absolute atomic E-state index is 0.0675. The predicted molar refractivity (Wildman–Crippen MR) is 96.9 cm³/mol. The first-order valence-electron chi connectivity index (χ1n) is 8.34. The van der Waals surface area contributed by atoms with Crippen molar-refractivity contribution in [2.45, 2.75) is 32.5 Å². The van der Waals surface area contributed by atoms with Gasteiger partial charge in [-0.2, -0.15) is 0 Å². The number of rotatable bonds is 5. The van der Waals surface area contributed by atoms with Crippen molar-refractivity contribution in [2.24, 2.45) is 5.92 Å². The second-order valence-electron chi connectivity index (χ2n) is 6.47. The Kier molecular flexibility index (Phi) is 5.48. The lowest BCUT2D eigenvalue weighted by atomic mass is 10.1. The highest BCUT2D eigenvalue weighted by Gasteiger charge is 2.30. The van der Waals surface area contributed by atoms with Gasteiger partial charge in [-0.1, -0.05) is 37.3 Å². The summed E-state index contributed by atoms with van der Waals surface area (Å²) in [4.78, 5) is 18.9. The lowest BCUT2D eigenvalue weighted by molar-refractivity contribution is 0.231. The molecule has 1 aromatic heterocycles. The van der Waals surface area contributed by atoms with Crippen molar-refractivity contribution in [1.82, 2.24) is 20.5 Å². The molecule has 1 aliphatic rings. The molecule has 0 spiro atoms. The van der Waals surface area contributed by atoms with Crippen LogP contribution in [0.25, 0.3) is 0 Å². The SMILES string of the molecule is C[C@H](NC(=O)N[C@@H]1CN(Cc2ccccc2)C[C@H]1C)c1nccs1. The number of nitrogens with zero attached hydrogens (tertiary/aromatic N) is 2. The molecule has 1 aliphatic heterocycles. The number of benzene rings is 1. The van der Waals surface area contributed by atoms with Crippen LogP contribution in [-0.2, 0) is 6.54 Å². The maximum absolute atomic E-state index is 12.3. The molecule has 1 fully saturated rings. The molecule has 3 rings (SSSR count). The van der Waals surface area contributed by atoms with Crippen LogP contribution < -0.4 is 10.6 Å². The van der Waals surface area contributed by atoms with Crippen molar-refractivity contribution in [1.29, 1.82) is 0 Å². The monoisotopic (exact) mass is 344 g/mol. The third kappa shape index (κ3) is 4.33. The first kappa shape index (κ1) is 16.9. The van der Waals surface area contributed by atoms with Gasteiger partial charge in [0.15, 0.2) is 0 Å². The van der Waals surface area contributed by atoms with Gasteiger partial charge in [0, 0.05) is 37.3 Å². The average Bonchev–Trinajstić information content (AvgIpc) is 3.19. The highest BCUT2D eigenvalue weighted by atomic mass is 32.1. The fourth-order valence-corrected chi connectivity index (χ4v) is 3.79. The molecule has 128 valence electrons. The normalized spacial score (nSPS) is 22.2. The molecule has 6 heteroatoms. The van der Waals surface area contributed by atoms with Crippen molar-refractivity contribution >= 4 is 17.4 Å². The van der Waals surface area contributed by atoms with Gasteiger partial charge in [0.1, 0.15) is 5.01 Å². The van der Waals surface area contributed by atoms with E-state index in [1.165, 1.54) is 5.56 Å².